The van der Waals surface area contributed by atoms with Crippen LogP contribution in [0.25, 0.3) is 5.82 Å². The SMILES string of the molecule is Cc1nc(CN2CCN(c3cccc(-n4cccn4)n3)CC2)no1. The Labute approximate surface area is 139 Å². The van der Waals surface area contributed by atoms with Crippen LogP contribution in [0, 0.1) is 6.92 Å². The second-order valence-corrected chi connectivity index (χ2v) is 5.80. The molecule has 1 saturated heterocycles. The van der Waals surface area contributed by atoms with E-state index in [0.717, 1.165) is 50.2 Å². The first-order valence-corrected chi connectivity index (χ1v) is 8.01. The number of pyridine rings is 1. The van der Waals surface area contributed by atoms with E-state index in [1.807, 2.05) is 37.4 Å². The van der Waals surface area contributed by atoms with E-state index < -0.39 is 0 Å². The summed E-state index contributed by atoms with van der Waals surface area (Å²) >= 11 is 0. The summed E-state index contributed by atoms with van der Waals surface area (Å²) in [5, 5.41) is 8.20. The van der Waals surface area contributed by atoms with Crippen LogP contribution in [0.5, 0.6) is 0 Å². The first-order valence-electron chi connectivity index (χ1n) is 8.01. The van der Waals surface area contributed by atoms with Crippen molar-refractivity contribution in [2.75, 3.05) is 31.1 Å². The first-order chi connectivity index (χ1) is 11.8. The molecule has 4 heterocycles. The van der Waals surface area contributed by atoms with Gasteiger partial charge >= 0.3 is 0 Å². The van der Waals surface area contributed by atoms with Crippen molar-refractivity contribution in [3.63, 3.8) is 0 Å². The van der Waals surface area contributed by atoms with Gasteiger partial charge in [-0.1, -0.05) is 11.2 Å². The fraction of sp³-hybridized carbons (Fsp3) is 0.375. The molecule has 1 aliphatic rings. The second-order valence-electron chi connectivity index (χ2n) is 5.80. The smallest absolute Gasteiger partial charge is 0.223 e. The molecular formula is C16H19N7O. The Morgan fingerprint density at radius 2 is 1.88 bits per heavy atom. The van der Waals surface area contributed by atoms with Crippen molar-refractivity contribution in [2.45, 2.75) is 13.5 Å². The maximum Gasteiger partial charge on any atom is 0.223 e. The van der Waals surface area contributed by atoms with E-state index in [1.165, 1.54) is 0 Å². The van der Waals surface area contributed by atoms with Crippen LogP contribution in [0.4, 0.5) is 5.82 Å². The number of aromatic nitrogens is 5. The lowest BCUT2D eigenvalue weighted by atomic mass is 10.3. The molecule has 8 nitrogen and oxygen atoms in total. The van der Waals surface area contributed by atoms with Crippen molar-refractivity contribution < 1.29 is 4.52 Å². The van der Waals surface area contributed by atoms with Gasteiger partial charge in [-0.2, -0.15) is 10.1 Å². The highest BCUT2D eigenvalue weighted by Crippen LogP contribution is 2.16. The largest absolute Gasteiger partial charge is 0.354 e. The number of anilines is 1. The Hall–Kier alpha value is -2.74. The van der Waals surface area contributed by atoms with Gasteiger partial charge in [0.25, 0.3) is 0 Å². The van der Waals surface area contributed by atoms with Crippen molar-refractivity contribution >= 4 is 5.82 Å². The predicted octanol–water partition coefficient (Wildman–Crippen LogP) is 1.28. The average molecular weight is 325 g/mol. The van der Waals surface area contributed by atoms with Crippen molar-refractivity contribution in [2.24, 2.45) is 0 Å². The van der Waals surface area contributed by atoms with Crippen LogP contribution in [-0.4, -0.2) is 56.0 Å². The number of hydrogen-bond donors (Lipinski definition) is 0. The summed E-state index contributed by atoms with van der Waals surface area (Å²) in [5.74, 6) is 3.18. The molecule has 0 saturated carbocycles. The molecular weight excluding hydrogens is 306 g/mol. The Kier molecular flexibility index (Phi) is 3.96. The third kappa shape index (κ3) is 3.13. The molecule has 0 radical (unpaired) electrons. The third-order valence-corrected chi connectivity index (χ3v) is 4.09. The van der Waals surface area contributed by atoms with E-state index in [-0.39, 0.29) is 0 Å². The van der Waals surface area contributed by atoms with Crippen LogP contribution in [0.15, 0.2) is 41.2 Å². The molecule has 4 rings (SSSR count). The van der Waals surface area contributed by atoms with E-state index in [0.29, 0.717) is 5.89 Å². The average Bonchev–Trinajstić information content (AvgIpc) is 3.28. The number of hydrogen-bond acceptors (Lipinski definition) is 7. The lowest BCUT2D eigenvalue weighted by Gasteiger charge is -2.34. The molecule has 3 aromatic heterocycles. The van der Waals surface area contributed by atoms with Crippen LogP contribution in [-0.2, 0) is 6.54 Å². The molecule has 1 fully saturated rings. The molecule has 124 valence electrons. The van der Waals surface area contributed by atoms with Crippen LogP contribution >= 0.6 is 0 Å². The maximum absolute atomic E-state index is 5.03. The Balaban J connectivity index is 1.40. The predicted molar refractivity (Wildman–Crippen MR) is 87.9 cm³/mol. The van der Waals surface area contributed by atoms with Crippen molar-refractivity contribution in [3.8, 4) is 5.82 Å². The zero-order chi connectivity index (χ0) is 16.4. The topological polar surface area (TPSA) is 76.1 Å². The normalized spacial score (nSPS) is 15.8. The Bertz CT molecular complexity index is 790. The maximum atomic E-state index is 5.03. The fourth-order valence-corrected chi connectivity index (χ4v) is 2.86. The number of rotatable bonds is 4. The molecule has 0 N–H and O–H groups in total. The second kappa shape index (κ2) is 6.40. The van der Waals surface area contributed by atoms with Gasteiger partial charge in [-0.05, 0) is 18.2 Å². The van der Waals surface area contributed by atoms with Crippen molar-refractivity contribution in [3.05, 3.63) is 48.4 Å². The molecule has 0 amide bonds. The quantitative estimate of drug-likeness (QED) is 0.715. The summed E-state index contributed by atoms with van der Waals surface area (Å²) in [6.07, 6.45) is 3.66. The van der Waals surface area contributed by atoms with Crippen LogP contribution in [0.2, 0.25) is 0 Å². The minimum atomic E-state index is 0.614. The molecule has 24 heavy (non-hydrogen) atoms. The van der Waals surface area contributed by atoms with Gasteiger partial charge in [0.05, 0.1) is 6.54 Å². The van der Waals surface area contributed by atoms with Gasteiger partial charge < -0.3 is 9.42 Å². The van der Waals surface area contributed by atoms with Gasteiger partial charge in [0.15, 0.2) is 11.6 Å². The zero-order valence-corrected chi connectivity index (χ0v) is 13.5. The van der Waals surface area contributed by atoms with Gasteiger partial charge in [-0.25, -0.2) is 9.67 Å². The summed E-state index contributed by atoms with van der Waals surface area (Å²) in [6.45, 7) is 6.28. The lowest BCUT2D eigenvalue weighted by molar-refractivity contribution is 0.239. The van der Waals surface area contributed by atoms with E-state index in [4.69, 9.17) is 9.51 Å². The molecule has 0 aliphatic carbocycles. The number of nitrogens with zero attached hydrogens (tertiary/aromatic N) is 7. The summed E-state index contributed by atoms with van der Waals surface area (Å²) in [4.78, 5) is 13.6. The fourth-order valence-electron chi connectivity index (χ4n) is 2.86. The summed E-state index contributed by atoms with van der Waals surface area (Å²) < 4.78 is 6.80. The molecule has 3 aromatic rings. The highest BCUT2D eigenvalue weighted by molar-refractivity contribution is 5.43. The van der Waals surface area contributed by atoms with Crippen LogP contribution < -0.4 is 4.90 Å². The Morgan fingerprint density at radius 1 is 1.04 bits per heavy atom. The van der Waals surface area contributed by atoms with Crippen LogP contribution in [0.1, 0.15) is 11.7 Å². The summed E-state index contributed by atoms with van der Waals surface area (Å²) in [6, 6.07) is 7.93. The molecule has 0 bridgehead atoms. The lowest BCUT2D eigenvalue weighted by Crippen LogP contribution is -2.46. The molecule has 1 aliphatic heterocycles. The third-order valence-electron chi connectivity index (χ3n) is 4.09. The minimum absolute atomic E-state index is 0.614. The highest BCUT2D eigenvalue weighted by atomic mass is 16.5. The number of aryl methyl sites for hydroxylation is 1. The summed E-state index contributed by atoms with van der Waals surface area (Å²) in [7, 11) is 0. The van der Waals surface area contributed by atoms with Gasteiger partial charge in [0.2, 0.25) is 5.89 Å². The van der Waals surface area contributed by atoms with Gasteiger partial charge in [-0.3, -0.25) is 4.90 Å². The first kappa shape index (κ1) is 14.8. The van der Waals surface area contributed by atoms with Gasteiger partial charge in [0, 0.05) is 45.5 Å². The van der Waals surface area contributed by atoms with Gasteiger partial charge in [0.1, 0.15) is 5.82 Å². The van der Waals surface area contributed by atoms with E-state index in [2.05, 4.69) is 25.0 Å². The molecule has 0 spiro atoms. The molecule has 0 unspecified atom stereocenters. The van der Waals surface area contributed by atoms with E-state index in [9.17, 15) is 0 Å². The monoisotopic (exact) mass is 325 g/mol. The van der Waals surface area contributed by atoms with Gasteiger partial charge in [-0.15, -0.1) is 0 Å². The molecule has 0 aromatic carbocycles. The molecule has 8 heteroatoms. The summed E-state index contributed by atoms with van der Waals surface area (Å²) in [5.41, 5.74) is 0. The number of piperazine rings is 1. The van der Waals surface area contributed by atoms with Crippen LogP contribution in [0.3, 0.4) is 0 Å². The minimum Gasteiger partial charge on any atom is -0.354 e. The van der Waals surface area contributed by atoms with E-state index in [1.54, 1.807) is 10.9 Å². The highest BCUT2D eigenvalue weighted by Gasteiger charge is 2.20. The Morgan fingerprint density at radius 3 is 2.58 bits per heavy atom. The standard InChI is InChI=1S/C16H19N7O/c1-13-18-14(20-24-13)12-21-8-10-22(11-9-21)15-4-2-5-16(19-15)23-7-3-6-17-23/h2-7H,8-12H2,1H3. The van der Waals surface area contributed by atoms with Crippen molar-refractivity contribution in [1.82, 2.24) is 29.8 Å². The molecule has 0 atom stereocenters. The zero-order valence-electron chi connectivity index (χ0n) is 13.5. The van der Waals surface area contributed by atoms with Crippen molar-refractivity contribution in [1.29, 1.82) is 0 Å². The van der Waals surface area contributed by atoms with E-state index >= 15 is 0 Å².